The molecule has 2 amide bonds. The average Bonchev–Trinajstić information content (AvgIpc) is 3.43. The fourth-order valence-corrected chi connectivity index (χ4v) is 2.89. The second-order valence-corrected chi connectivity index (χ2v) is 6.21. The lowest BCUT2D eigenvalue weighted by Gasteiger charge is -2.17. The van der Waals surface area contributed by atoms with E-state index in [2.05, 4.69) is 5.32 Å². The van der Waals surface area contributed by atoms with Crippen LogP contribution in [0.4, 0.5) is 5.69 Å². The highest BCUT2D eigenvalue weighted by Crippen LogP contribution is 2.40. The number of rotatable bonds is 6. The first-order chi connectivity index (χ1) is 11.7. The van der Waals surface area contributed by atoms with Crippen molar-refractivity contribution >= 4 is 17.5 Å². The van der Waals surface area contributed by atoms with Crippen LogP contribution in [0.1, 0.15) is 12.0 Å². The summed E-state index contributed by atoms with van der Waals surface area (Å²) in [6.45, 7) is 0.606. The van der Waals surface area contributed by atoms with Crippen LogP contribution in [0.25, 0.3) is 0 Å². The summed E-state index contributed by atoms with van der Waals surface area (Å²) < 4.78 is 0. The topological polar surface area (TPSA) is 49.4 Å². The highest BCUT2D eigenvalue weighted by atomic mass is 16.2. The van der Waals surface area contributed by atoms with Crippen LogP contribution >= 0.6 is 0 Å². The van der Waals surface area contributed by atoms with Crippen LogP contribution in [0, 0.1) is 11.8 Å². The van der Waals surface area contributed by atoms with Gasteiger partial charge in [-0.25, -0.2) is 0 Å². The first-order valence-corrected chi connectivity index (χ1v) is 8.31. The van der Waals surface area contributed by atoms with Crippen molar-refractivity contribution in [3.63, 3.8) is 0 Å². The number of nitrogens with one attached hydrogen (secondary N) is 1. The van der Waals surface area contributed by atoms with Gasteiger partial charge in [0.2, 0.25) is 11.8 Å². The van der Waals surface area contributed by atoms with Crippen molar-refractivity contribution in [3.05, 3.63) is 66.2 Å². The van der Waals surface area contributed by atoms with Crippen molar-refractivity contribution in [1.82, 2.24) is 5.32 Å². The van der Waals surface area contributed by atoms with Gasteiger partial charge < -0.3 is 10.2 Å². The van der Waals surface area contributed by atoms with Gasteiger partial charge in [0.25, 0.3) is 0 Å². The fraction of sp³-hybridized carbons (Fsp3) is 0.300. The van der Waals surface area contributed by atoms with Gasteiger partial charge in [-0.3, -0.25) is 9.59 Å². The highest BCUT2D eigenvalue weighted by molar-refractivity contribution is 6.00. The predicted octanol–water partition coefficient (Wildman–Crippen LogP) is 2.64. The van der Waals surface area contributed by atoms with Crippen molar-refractivity contribution in [2.24, 2.45) is 11.8 Å². The van der Waals surface area contributed by atoms with E-state index in [4.69, 9.17) is 0 Å². The van der Waals surface area contributed by atoms with Crippen molar-refractivity contribution < 1.29 is 9.59 Å². The standard InChI is InChI=1S/C20H22N2O2/c1-22(16-10-6-3-7-11-16)20(24)18-14-17(18)19(23)21-13-12-15-8-4-2-5-9-15/h2-11,17-18H,12-14H2,1H3,(H,21,23). The number of hydrogen-bond acceptors (Lipinski definition) is 2. The maximum atomic E-state index is 12.5. The van der Waals surface area contributed by atoms with Crippen molar-refractivity contribution in [1.29, 1.82) is 0 Å². The summed E-state index contributed by atoms with van der Waals surface area (Å²) in [6.07, 6.45) is 1.45. The van der Waals surface area contributed by atoms with E-state index < -0.39 is 0 Å². The molecule has 124 valence electrons. The maximum absolute atomic E-state index is 12.5. The SMILES string of the molecule is CN(C(=O)C1CC1C(=O)NCCc1ccccc1)c1ccccc1. The van der Waals surface area contributed by atoms with Crippen LogP contribution in [0.2, 0.25) is 0 Å². The van der Waals surface area contributed by atoms with Gasteiger partial charge in [-0.15, -0.1) is 0 Å². The van der Waals surface area contributed by atoms with Crippen molar-refractivity contribution in [2.75, 3.05) is 18.5 Å². The number of benzene rings is 2. The molecule has 0 aliphatic heterocycles. The molecule has 4 heteroatoms. The monoisotopic (exact) mass is 322 g/mol. The van der Waals surface area contributed by atoms with Crippen LogP contribution in [0.3, 0.4) is 0 Å². The zero-order valence-corrected chi connectivity index (χ0v) is 13.8. The number of nitrogens with zero attached hydrogens (tertiary/aromatic N) is 1. The Hall–Kier alpha value is -2.62. The van der Waals surface area contributed by atoms with Gasteiger partial charge in [0, 0.05) is 19.3 Å². The molecule has 1 N–H and O–H groups in total. The molecule has 0 aromatic heterocycles. The summed E-state index contributed by atoms with van der Waals surface area (Å²) in [5, 5.41) is 2.95. The summed E-state index contributed by atoms with van der Waals surface area (Å²) in [4.78, 5) is 26.3. The molecule has 3 rings (SSSR count). The number of anilines is 1. The molecule has 2 unspecified atom stereocenters. The lowest BCUT2D eigenvalue weighted by molar-refractivity contribution is -0.125. The molecule has 1 aliphatic rings. The number of para-hydroxylation sites is 1. The normalized spacial score (nSPS) is 18.7. The van der Waals surface area contributed by atoms with E-state index in [0.717, 1.165) is 12.1 Å². The number of carbonyl (C=O) groups is 2. The van der Waals surface area contributed by atoms with Gasteiger partial charge >= 0.3 is 0 Å². The van der Waals surface area contributed by atoms with Gasteiger partial charge in [0.05, 0.1) is 11.8 Å². The minimum absolute atomic E-state index is 0.00857. The molecule has 0 spiro atoms. The first-order valence-electron chi connectivity index (χ1n) is 8.31. The fourth-order valence-electron chi connectivity index (χ4n) is 2.89. The zero-order chi connectivity index (χ0) is 16.9. The van der Waals surface area contributed by atoms with Gasteiger partial charge in [-0.1, -0.05) is 48.5 Å². The Morgan fingerprint density at radius 3 is 2.29 bits per heavy atom. The second-order valence-electron chi connectivity index (χ2n) is 6.21. The second kappa shape index (κ2) is 7.30. The molecule has 0 saturated heterocycles. The van der Waals surface area contributed by atoms with E-state index in [9.17, 15) is 9.59 Å². The number of amides is 2. The maximum Gasteiger partial charge on any atom is 0.230 e. The Morgan fingerprint density at radius 1 is 1.00 bits per heavy atom. The summed E-state index contributed by atoms with van der Waals surface area (Å²) in [5.41, 5.74) is 2.06. The van der Waals surface area contributed by atoms with Crippen LogP contribution in [0.5, 0.6) is 0 Å². The van der Waals surface area contributed by atoms with Crippen LogP contribution < -0.4 is 10.2 Å². The number of hydrogen-bond donors (Lipinski definition) is 1. The summed E-state index contributed by atoms with van der Waals surface area (Å²) >= 11 is 0. The smallest absolute Gasteiger partial charge is 0.230 e. The molecule has 24 heavy (non-hydrogen) atoms. The molecule has 0 bridgehead atoms. The van der Waals surface area contributed by atoms with E-state index in [-0.39, 0.29) is 23.7 Å². The average molecular weight is 322 g/mol. The molecule has 0 heterocycles. The van der Waals surface area contributed by atoms with E-state index >= 15 is 0 Å². The largest absolute Gasteiger partial charge is 0.356 e. The third-order valence-corrected chi connectivity index (χ3v) is 4.47. The van der Waals surface area contributed by atoms with E-state index in [1.54, 1.807) is 11.9 Å². The zero-order valence-electron chi connectivity index (χ0n) is 13.8. The van der Waals surface area contributed by atoms with Gasteiger partial charge in [-0.2, -0.15) is 0 Å². The van der Waals surface area contributed by atoms with Gasteiger partial charge in [0.15, 0.2) is 0 Å². The van der Waals surface area contributed by atoms with E-state index in [0.29, 0.717) is 13.0 Å². The van der Waals surface area contributed by atoms with Crippen LogP contribution in [0.15, 0.2) is 60.7 Å². The molecular weight excluding hydrogens is 300 g/mol. The Balaban J connectivity index is 1.46. The molecule has 1 aliphatic carbocycles. The van der Waals surface area contributed by atoms with E-state index in [1.165, 1.54) is 5.56 Å². The molecule has 1 fully saturated rings. The Labute approximate surface area is 142 Å². The Bertz CT molecular complexity index is 700. The van der Waals surface area contributed by atoms with Crippen LogP contribution in [-0.2, 0) is 16.0 Å². The summed E-state index contributed by atoms with van der Waals surface area (Å²) in [5.74, 6) is -0.360. The number of carbonyl (C=O) groups excluding carboxylic acids is 2. The minimum Gasteiger partial charge on any atom is -0.356 e. The third kappa shape index (κ3) is 3.82. The first kappa shape index (κ1) is 16.2. The molecular formula is C20H22N2O2. The predicted molar refractivity (Wildman–Crippen MR) is 94.6 cm³/mol. The molecule has 1 saturated carbocycles. The van der Waals surface area contributed by atoms with Crippen LogP contribution in [-0.4, -0.2) is 25.4 Å². The van der Waals surface area contributed by atoms with E-state index in [1.807, 2.05) is 60.7 Å². The summed E-state index contributed by atoms with van der Waals surface area (Å²) in [7, 11) is 1.76. The molecule has 2 aromatic carbocycles. The quantitative estimate of drug-likeness (QED) is 0.889. The minimum atomic E-state index is -0.188. The molecule has 2 atom stereocenters. The lowest BCUT2D eigenvalue weighted by Crippen LogP contribution is -2.32. The molecule has 4 nitrogen and oxygen atoms in total. The summed E-state index contributed by atoms with van der Waals surface area (Å²) in [6, 6.07) is 19.6. The molecule has 0 radical (unpaired) electrons. The molecule has 2 aromatic rings. The van der Waals surface area contributed by atoms with Crippen molar-refractivity contribution in [3.8, 4) is 0 Å². The van der Waals surface area contributed by atoms with Gasteiger partial charge in [-0.05, 0) is 30.5 Å². The Kier molecular flexibility index (Phi) is 4.94. The third-order valence-electron chi connectivity index (χ3n) is 4.47. The van der Waals surface area contributed by atoms with Gasteiger partial charge in [0.1, 0.15) is 0 Å². The highest BCUT2D eigenvalue weighted by Gasteiger charge is 2.49. The Morgan fingerprint density at radius 2 is 1.62 bits per heavy atom. The lowest BCUT2D eigenvalue weighted by atomic mass is 10.1. The van der Waals surface area contributed by atoms with Crippen molar-refractivity contribution in [2.45, 2.75) is 12.8 Å².